The second-order valence-electron chi connectivity index (χ2n) is 5.00. The lowest BCUT2D eigenvalue weighted by molar-refractivity contribution is -0.394. The first-order valence-corrected chi connectivity index (χ1v) is 5.89. The Morgan fingerprint density at radius 1 is 1.25 bits per heavy atom. The second-order valence-corrected chi connectivity index (χ2v) is 5.00. The average Bonchev–Trinajstić information content (AvgIpc) is 2.36. The molecule has 2 N–H and O–H groups in total. The number of nitro benzene ring substituents is 2. The van der Waals surface area contributed by atoms with Crippen LogP contribution in [0.3, 0.4) is 0 Å². The molecule has 0 atom stereocenters. The summed E-state index contributed by atoms with van der Waals surface area (Å²) in [5.41, 5.74) is 3.47. The van der Waals surface area contributed by atoms with Crippen LogP contribution in [0.4, 0.5) is 11.4 Å². The Morgan fingerprint density at radius 3 is 2.15 bits per heavy atom. The summed E-state index contributed by atoms with van der Waals surface area (Å²) in [6.45, 7) is 5.23. The molecule has 0 aliphatic rings. The molecule has 1 rings (SSSR count). The summed E-state index contributed by atoms with van der Waals surface area (Å²) in [5, 5.41) is 22.0. The van der Waals surface area contributed by atoms with Crippen molar-refractivity contribution in [1.82, 2.24) is 0 Å². The fourth-order valence-electron chi connectivity index (χ4n) is 1.94. The topological polar surface area (TPSA) is 129 Å². The highest BCUT2D eigenvalue weighted by atomic mass is 16.6. The lowest BCUT2D eigenvalue weighted by Crippen LogP contribution is -2.25. The first-order valence-electron chi connectivity index (χ1n) is 5.89. The summed E-state index contributed by atoms with van der Waals surface area (Å²) in [5.74, 6) is -0.923. The van der Waals surface area contributed by atoms with E-state index in [0.717, 1.165) is 12.1 Å². The van der Waals surface area contributed by atoms with Gasteiger partial charge >= 0.3 is 0 Å². The number of non-ortho nitro benzene ring substituents is 1. The Kier molecular flexibility index (Phi) is 4.07. The zero-order valence-corrected chi connectivity index (χ0v) is 11.4. The van der Waals surface area contributed by atoms with E-state index in [4.69, 9.17) is 5.73 Å². The number of carbonyl (C=O) groups excluding carboxylic acids is 1. The molecule has 108 valence electrons. The molecular weight excluding hydrogens is 266 g/mol. The first kappa shape index (κ1) is 15.5. The molecule has 1 amide bonds. The number of carbonyl (C=O) groups is 1. The quantitative estimate of drug-likeness (QED) is 0.653. The maximum atomic E-state index is 11.5. The summed E-state index contributed by atoms with van der Waals surface area (Å²) >= 11 is 0. The average molecular weight is 281 g/mol. The van der Waals surface area contributed by atoms with Gasteiger partial charge in [0.15, 0.2) is 0 Å². The summed E-state index contributed by atoms with van der Waals surface area (Å²) in [7, 11) is 0. The molecule has 0 spiro atoms. The van der Waals surface area contributed by atoms with E-state index in [0.29, 0.717) is 6.42 Å². The van der Waals surface area contributed by atoms with Crippen LogP contribution in [0.2, 0.25) is 0 Å². The van der Waals surface area contributed by atoms with Crippen LogP contribution < -0.4 is 5.73 Å². The third kappa shape index (κ3) is 2.73. The lowest BCUT2D eigenvalue weighted by Gasteiger charge is -2.24. The summed E-state index contributed by atoms with van der Waals surface area (Å²) in [6.07, 6.45) is 0.506. The minimum Gasteiger partial charge on any atom is -0.366 e. The van der Waals surface area contributed by atoms with Gasteiger partial charge in [0.05, 0.1) is 21.5 Å². The fraction of sp³-hybridized carbons (Fsp3) is 0.417. The summed E-state index contributed by atoms with van der Waals surface area (Å²) in [4.78, 5) is 32.0. The van der Waals surface area contributed by atoms with Crippen molar-refractivity contribution in [2.24, 2.45) is 5.73 Å². The summed E-state index contributed by atoms with van der Waals surface area (Å²) in [6, 6.07) is 1.85. The molecule has 0 heterocycles. The van der Waals surface area contributed by atoms with Crippen LogP contribution >= 0.6 is 0 Å². The van der Waals surface area contributed by atoms with E-state index in [-0.39, 0.29) is 11.1 Å². The minimum atomic E-state index is -0.923. The number of primary amides is 1. The number of amides is 1. The number of benzene rings is 1. The predicted molar refractivity (Wildman–Crippen MR) is 71.6 cm³/mol. The number of nitrogens with two attached hydrogens (primary N) is 1. The Balaban J connectivity index is 3.83. The van der Waals surface area contributed by atoms with Crippen molar-refractivity contribution >= 4 is 17.3 Å². The van der Waals surface area contributed by atoms with Crippen LogP contribution in [0, 0.1) is 20.2 Å². The van der Waals surface area contributed by atoms with E-state index in [1.54, 1.807) is 20.8 Å². The molecule has 20 heavy (non-hydrogen) atoms. The van der Waals surface area contributed by atoms with E-state index in [9.17, 15) is 25.0 Å². The molecule has 8 nitrogen and oxygen atoms in total. The van der Waals surface area contributed by atoms with Gasteiger partial charge in [-0.25, -0.2) is 0 Å². The van der Waals surface area contributed by atoms with Crippen molar-refractivity contribution < 1.29 is 14.6 Å². The van der Waals surface area contributed by atoms with E-state index >= 15 is 0 Å². The summed E-state index contributed by atoms with van der Waals surface area (Å²) < 4.78 is 0. The van der Waals surface area contributed by atoms with Gasteiger partial charge in [-0.2, -0.15) is 0 Å². The van der Waals surface area contributed by atoms with Gasteiger partial charge in [-0.1, -0.05) is 20.8 Å². The van der Waals surface area contributed by atoms with Crippen LogP contribution in [0.5, 0.6) is 0 Å². The van der Waals surface area contributed by atoms with Gasteiger partial charge in [0.25, 0.3) is 11.4 Å². The second kappa shape index (κ2) is 5.24. The van der Waals surface area contributed by atoms with Crippen LogP contribution in [-0.4, -0.2) is 15.8 Å². The Bertz CT molecular complexity index is 560. The fourth-order valence-corrected chi connectivity index (χ4v) is 1.94. The SMILES string of the molecule is CCC(C)(C)c1c(C(N)=O)cc([N+](=O)[O-])cc1[N+](=O)[O-]. The van der Waals surface area contributed by atoms with Crippen molar-refractivity contribution in [3.8, 4) is 0 Å². The third-order valence-corrected chi connectivity index (χ3v) is 3.34. The highest BCUT2D eigenvalue weighted by Crippen LogP contribution is 2.39. The molecule has 0 bridgehead atoms. The Morgan fingerprint density at radius 2 is 1.80 bits per heavy atom. The van der Waals surface area contributed by atoms with Crippen molar-refractivity contribution in [3.63, 3.8) is 0 Å². The van der Waals surface area contributed by atoms with Crippen LogP contribution in [-0.2, 0) is 5.41 Å². The molecule has 0 saturated carbocycles. The molecule has 0 fully saturated rings. The maximum Gasteiger partial charge on any atom is 0.280 e. The zero-order valence-electron chi connectivity index (χ0n) is 11.4. The van der Waals surface area contributed by atoms with Gasteiger partial charge in [-0.15, -0.1) is 0 Å². The van der Waals surface area contributed by atoms with E-state index < -0.39 is 32.5 Å². The number of nitrogens with zero attached hydrogens (tertiary/aromatic N) is 2. The number of rotatable bonds is 5. The molecule has 0 aliphatic carbocycles. The van der Waals surface area contributed by atoms with E-state index in [1.165, 1.54) is 0 Å². The third-order valence-electron chi connectivity index (χ3n) is 3.34. The highest BCUT2D eigenvalue weighted by molar-refractivity contribution is 5.96. The van der Waals surface area contributed by atoms with Gasteiger partial charge in [0, 0.05) is 11.6 Å². The maximum absolute atomic E-state index is 11.5. The van der Waals surface area contributed by atoms with Crippen LogP contribution in [0.1, 0.15) is 43.1 Å². The molecule has 0 aromatic heterocycles. The molecule has 1 aromatic carbocycles. The van der Waals surface area contributed by atoms with Gasteiger partial charge in [-0.3, -0.25) is 25.0 Å². The van der Waals surface area contributed by atoms with E-state index in [1.807, 2.05) is 0 Å². The highest BCUT2D eigenvalue weighted by Gasteiger charge is 2.34. The Hall–Kier alpha value is -2.51. The van der Waals surface area contributed by atoms with Crippen molar-refractivity contribution in [3.05, 3.63) is 43.5 Å². The van der Waals surface area contributed by atoms with Gasteiger partial charge in [0.2, 0.25) is 5.91 Å². The first-order chi connectivity index (χ1) is 9.11. The van der Waals surface area contributed by atoms with Crippen molar-refractivity contribution in [2.45, 2.75) is 32.6 Å². The molecule has 0 unspecified atom stereocenters. The van der Waals surface area contributed by atoms with Gasteiger partial charge < -0.3 is 5.73 Å². The van der Waals surface area contributed by atoms with Crippen LogP contribution in [0.25, 0.3) is 0 Å². The van der Waals surface area contributed by atoms with E-state index in [2.05, 4.69) is 0 Å². The minimum absolute atomic E-state index is 0.128. The van der Waals surface area contributed by atoms with Gasteiger partial charge in [-0.05, 0) is 11.8 Å². The molecule has 1 aromatic rings. The van der Waals surface area contributed by atoms with Crippen molar-refractivity contribution in [2.75, 3.05) is 0 Å². The number of nitro groups is 2. The molecule has 0 radical (unpaired) electrons. The molecular formula is C12H15N3O5. The molecule has 8 heteroatoms. The smallest absolute Gasteiger partial charge is 0.280 e. The largest absolute Gasteiger partial charge is 0.366 e. The van der Waals surface area contributed by atoms with Crippen molar-refractivity contribution in [1.29, 1.82) is 0 Å². The number of hydrogen-bond acceptors (Lipinski definition) is 5. The normalized spacial score (nSPS) is 11.2. The monoisotopic (exact) mass is 281 g/mol. The zero-order chi connectivity index (χ0) is 15.7. The molecule has 0 saturated heterocycles. The van der Waals surface area contributed by atoms with Crippen LogP contribution in [0.15, 0.2) is 12.1 Å². The van der Waals surface area contributed by atoms with Gasteiger partial charge in [0.1, 0.15) is 0 Å². The predicted octanol–water partition coefficient (Wildman–Crippen LogP) is 2.29. The Labute approximate surface area is 114 Å². The lowest BCUT2D eigenvalue weighted by atomic mass is 9.78. The number of hydrogen-bond donors (Lipinski definition) is 1. The molecule has 0 aliphatic heterocycles. The standard InChI is InChI=1S/C12H15N3O5/c1-4-12(2,3)10-8(11(13)16)5-7(14(17)18)6-9(10)15(19)20/h5-6H,4H2,1-3H3,(H2,13,16).